The maximum absolute atomic E-state index is 12.0. The minimum atomic E-state index is -0.0829. The molecular formula is C12H19N5O. The second kappa shape index (κ2) is 5.06. The molecule has 1 amide bonds. The van der Waals surface area contributed by atoms with Gasteiger partial charge in [0.05, 0.1) is 12.2 Å². The molecule has 0 bridgehead atoms. The van der Waals surface area contributed by atoms with Crippen LogP contribution in [0.25, 0.3) is 0 Å². The highest BCUT2D eigenvalue weighted by Crippen LogP contribution is 2.17. The van der Waals surface area contributed by atoms with Gasteiger partial charge in [0.2, 0.25) is 0 Å². The van der Waals surface area contributed by atoms with Crippen LogP contribution in [0.5, 0.6) is 0 Å². The van der Waals surface area contributed by atoms with Crippen LogP contribution in [0.4, 0.5) is 0 Å². The number of hydrogen-bond donors (Lipinski definition) is 2. The maximum Gasteiger partial charge on any atom is 0.273 e. The highest BCUT2D eigenvalue weighted by molar-refractivity contribution is 5.92. The van der Waals surface area contributed by atoms with Crippen LogP contribution in [-0.2, 0) is 0 Å². The van der Waals surface area contributed by atoms with Crippen LogP contribution >= 0.6 is 0 Å². The van der Waals surface area contributed by atoms with Gasteiger partial charge in [-0.3, -0.25) is 4.79 Å². The molecule has 0 spiro atoms. The van der Waals surface area contributed by atoms with E-state index in [2.05, 4.69) is 20.9 Å². The zero-order chi connectivity index (χ0) is 12.4. The molecule has 1 aromatic heterocycles. The first-order chi connectivity index (χ1) is 8.83. The van der Waals surface area contributed by atoms with E-state index in [1.807, 2.05) is 0 Å². The lowest BCUT2D eigenvalue weighted by Crippen LogP contribution is -2.43. The lowest BCUT2D eigenvalue weighted by molar-refractivity contribution is 0.0922. The molecule has 18 heavy (non-hydrogen) atoms. The van der Waals surface area contributed by atoms with Gasteiger partial charge in [-0.05, 0) is 12.8 Å². The van der Waals surface area contributed by atoms with Crippen LogP contribution in [0, 0.1) is 0 Å². The summed E-state index contributed by atoms with van der Waals surface area (Å²) in [5.41, 5.74) is 0.437. The molecule has 2 aliphatic rings. The van der Waals surface area contributed by atoms with Crippen molar-refractivity contribution in [3.8, 4) is 0 Å². The Kier molecular flexibility index (Phi) is 3.27. The van der Waals surface area contributed by atoms with E-state index < -0.39 is 0 Å². The molecular weight excluding hydrogens is 230 g/mol. The van der Waals surface area contributed by atoms with E-state index in [-0.39, 0.29) is 5.91 Å². The predicted octanol–water partition coefficient (Wildman–Crippen LogP) is 0.485. The van der Waals surface area contributed by atoms with E-state index in [0.29, 0.717) is 17.8 Å². The number of nitrogens with zero attached hydrogens (tertiary/aromatic N) is 3. The summed E-state index contributed by atoms with van der Waals surface area (Å²) in [6, 6.07) is 0.676. The number of aromatic nitrogens is 3. The lowest BCUT2D eigenvalue weighted by Gasteiger charge is -2.26. The van der Waals surface area contributed by atoms with Crippen LogP contribution in [0.2, 0.25) is 0 Å². The van der Waals surface area contributed by atoms with Crippen molar-refractivity contribution in [3.63, 3.8) is 0 Å². The highest BCUT2D eigenvalue weighted by atomic mass is 16.2. The van der Waals surface area contributed by atoms with Crippen LogP contribution in [0.3, 0.4) is 0 Å². The Morgan fingerprint density at radius 3 is 2.78 bits per heavy atom. The Hall–Kier alpha value is -1.43. The van der Waals surface area contributed by atoms with Gasteiger partial charge in [0.1, 0.15) is 0 Å². The third kappa shape index (κ3) is 2.38. The summed E-state index contributed by atoms with van der Waals surface area (Å²) in [5.74, 6) is -0.0829. The predicted molar refractivity (Wildman–Crippen MR) is 66.3 cm³/mol. The minimum absolute atomic E-state index is 0.0829. The van der Waals surface area contributed by atoms with E-state index in [9.17, 15) is 4.79 Å². The average Bonchev–Trinajstić information content (AvgIpc) is 2.77. The van der Waals surface area contributed by atoms with Crippen molar-refractivity contribution in [2.45, 2.75) is 44.2 Å². The molecule has 1 aliphatic carbocycles. The van der Waals surface area contributed by atoms with Crippen LogP contribution in [0.1, 0.15) is 48.6 Å². The van der Waals surface area contributed by atoms with Gasteiger partial charge in [-0.15, -0.1) is 5.10 Å². The number of rotatable bonds is 3. The lowest BCUT2D eigenvalue weighted by atomic mass is 9.95. The average molecular weight is 249 g/mol. The first kappa shape index (κ1) is 11.6. The molecule has 2 heterocycles. The van der Waals surface area contributed by atoms with Gasteiger partial charge in [-0.2, -0.15) is 0 Å². The Bertz CT molecular complexity index is 420. The summed E-state index contributed by atoms with van der Waals surface area (Å²) < 4.78 is 1.78. The molecule has 2 N–H and O–H groups in total. The summed E-state index contributed by atoms with van der Waals surface area (Å²) >= 11 is 0. The number of nitrogens with one attached hydrogen (secondary N) is 2. The molecule has 1 saturated carbocycles. The Labute approximate surface area is 106 Å². The first-order valence-corrected chi connectivity index (χ1v) is 6.76. The number of carbonyl (C=O) groups is 1. The van der Waals surface area contributed by atoms with Crippen LogP contribution in [-0.4, -0.2) is 40.0 Å². The highest BCUT2D eigenvalue weighted by Gasteiger charge is 2.23. The fourth-order valence-electron chi connectivity index (χ4n) is 2.53. The van der Waals surface area contributed by atoms with Gasteiger partial charge in [0, 0.05) is 19.1 Å². The molecule has 0 aromatic carbocycles. The van der Waals surface area contributed by atoms with Crippen molar-refractivity contribution in [2.24, 2.45) is 0 Å². The minimum Gasteiger partial charge on any atom is -0.348 e. The van der Waals surface area contributed by atoms with Crippen molar-refractivity contribution in [2.75, 3.05) is 13.1 Å². The van der Waals surface area contributed by atoms with Gasteiger partial charge in [0.25, 0.3) is 5.91 Å². The van der Waals surface area contributed by atoms with Gasteiger partial charge in [-0.25, -0.2) is 4.68 Å². The molecule has 1 saturated heterocycles. The Morgan fingerprint density at radius 1 is 1.33 bits per heavy atom. The normalized spacial score (nSPS) is 21.6. The fourth-order valence-corrected chi connectivity index (χ4v) is 2.53. The first-order valence-electron chi connectivity index (χ1n) is 6.76. The SMILES string of the molecule is O=C(NC1CCCCC1)c1cn(C2CNC2)nn1. The summed E-state index contributed by atoms with van der Waals surface area (Å²) in [6.45, 7) is 1.82. The molecule has 1 aliphatic heterocycles. The third-order valence-electron chi connectivity index (χ3n) is 3.82. The summed E-state index contributed by atoms with van der Waals surface area (Å²) in [5, 5.41) is 14.2. The van der Waals surface area contributed by atoms with Crippen molar-refractivity contribution in [3.05, 3.63) is 11.9 Å². The Balaban J connectivity index is 1.59. The smallest absolute Gasteiger partial charge is 0.273 e. The van der Waals surface area contributed by atoms with E-state index >= 15 is 0 Å². The molecule has 0 radical (unpaired) electrons. The number of hydrogen-bond acceptors (Lipinski definition) is 4. The van der Waals surface area contributed by atoms with Crippen molar-refractivity contribution < 1.29 is 4.79 Å². The van der Waals surface area contributed by atoms with Gasteiger partial charge >= 0.3 is 0 Å². The van der Waals surface area contributed by atoms with Gasteiger partial charge in [-0.1, -0.05) is 24.5 Å². The number of carbonyl (C=O) groups excluding carboxylic acids is 1. The quantitative estimate of drug-likeness (QED) is 0.817. The molecule has 6 nitrogen and oxygen atoms in total. The summed E-state index contributed by atoms with van der Waals surface area (Å²) in [4.78, 5) is 12.0. The molecule has 0 atom stereocenters. The standard InChI is InChI=1S/C12H19N5O/c18-12(14-9-4-2-1-3-5-9)11-8-17(16-15-11)10-6-13-7-10/h8-10,13H,1-7H2,(H,14,18). The van der Waals surface area contributed by atoms with Crippen LogP contribution < -0.4 is 10.6 Å². The molecule has 6 heteroatoms. The fraction of sp³-hybridized carbons (Fsp3) is 0.750. The molecule has 0 unspecified atom stereocenters. The summed E-state index contributed by atoms with van der Waals surface area (Å²) in [7, 11) is 0. The van der Waals surface area contributed by atoms with E-state index in [4.69, 9.17) is 0 Å². The van der Waals surface area contributed by atoms with Crippen molar-refractivity contribution >= 4 is 5.91 Å². The van der Waals surface area contributed by atoms with Crippen LogP contribution in [0.15, 0.2) is 6.20 Å². The zero-order valence-corrected chi connectivity index (χ0v) is 10.4. The van der Waals surface area contributed by atoms with Crippen molar-refractivity contribution in [1.29, 1.82) is 0 Å². The van der Waals surface area contributed by atoms with E-state index in [1.165, 1.54) is 19.3 Å². The summed E-state index contributed by atoms with van der Waals surface area (Å²) in [6.07, 6.45) is 7.65. The van der Waals surface area contributed by atoms with Crippen molar-refractivity contribution in [1.82, 2.24) is 25.6 Å². The number of amides is 1. The molecule has 2 fully saturated rings. The largest absolute Gasteiger partial charge is 0.348 e. The molecule has 3 rings (SSSR count). The second-order valence-corrected chi connectivity index (χ2v) is 5.20. The molecule has 98 valence electrons. The second-order valence-electron chi connectivity index (χ2n) is 5.20. The Morgan fingerprint density at radius 2 is 2.11 bits per heavy atom. The monoisotopic (exact) mass is 249 g/mol. The van der Waals surface area contributed by atoms with E-state index in [1.54, 1.807) is 10.9 Å². The topological polar surface area (TPSA) is 71.8 Å². The van der Waals surface area contributed by atoms with Gasteiger partial charge in [0.15, 0.2) is 5.69 Å². The zero-order valence-electron chi connectivity index (χ0n) is 10.4. The third-order valence-corrected chi connectivity index (χ3v) is 3.82. The molecule has 1 aromatic rings. The van der Waals surface area contributed by atoms with E-state index in [0.717, 1.165) is 25.9 Å². The maximum atomic E-state index is 12.0. The van der Waals surface area contributed by atoms with Gasteiger partial charge < -0.3 is 10.6 Å².